The maximum Gasteiger partial charge on any atom is 0.338 e. The standard InChI is InChI=1S/C21H25NO4/c1-4-25-21(24)18-10-12-19(13-11-18)26-15-20(23)22(16(2)3)14-17-8-6-5-7-9-17/h5-13,16H,4,14-15H2,1-3H3. The summed E-state index contributed by atoms with van der Waals surface area (Å²) in [4.78, 5) is 26.0. The Labute approximate surface area is 154 Å². The maximum absolute atomic E-state index is 12.5. The van der Waals surface area contributed by atoms with Crippen LogP contribution < -0.4 is 4.74 Å². The molecule has 0 unspecified atom stereocenters. The van der Waals surface area contributed by atoms with E-state index in [1.54, 1.807) is 36.1 Å². The van der Waals surface area contributed by atoms with Gasteiger partial charge in [-0.3, -0.25) is 4.79 Å². The van der Waals surface area contributed by atoms with Crippen LogP contribution in [0.15, 0.2) is 54.6 Å². The summed E-state index contributed by atoms with van der Waals surface area (Å²) in [7, 11) is 0. The van der Waals surface area contributed by atoms with Crippen molar-refractivity contribution in [2.24, 2.45) is 0 Å². The van der Waals surface area contributed by atoms with E-state index >= 15 is 0 Å². The molecule has 0 aliphatic heterocycles. The van der Waals surface area contributed by atoms with Gasteiger partial charge in [-0.15, -0.1) is 0 Å². The fourth-order valence-electron chi connectivity index (χ4n) is 2.47. The van der Waals surface area contributed by atoms with E-state index in [0.29, 0.717) is 24.5 Å². The van der Waals surface area contributed by atoms with Gasteiger partial charge in [0.15, 0.2) is 6.61 Å². The Morgan fingerprint density at radius 2 is 1.65 bits per heavy atom. The number of carbonyl (C=O) groups excluding carboxylic acids is 2. The maximum atomic E-state index is 12.5. The average molecular weight is 355 g/mol. The minimum absolute atomic E-state index is 0.0518. The predicted molar refractivity (Wildman–Crippen MR) is 100 cm³/mol. The quantitative estimate of drug-likeness (QED) is 0.678. The summed E-state index contributed by atoms with van der Waals surface area (Å²) >= 11 is 0. The summed E-state index contributed by atoms with van der Waals surface area (Å²) in [6.07, 6.45) is 0. The van der Waals surface area contributed by atoms with Gasteiger partial charge in [0.05, 0.1) is 12.2 Å². The van der Waals surface area contributed by atoms with Crippen molar-refractivity contribution in [3.05, 3.63) is 65.7 Å². The molecule has 2 aromatic carbocycles. The number of carbonyl (C=O) groups is 2. The second kappa shape index (κ2) is 9.61. The van der Waals surface area contributed by atoms with Crippen LogP contribution in [0.3, 0.4) is 0 Å². The van der Waals surface area contributed by atoms with E-state index in [1.165, 1.54) is 0 Å². The topological polar surface area (TPSA) is 55.8 Å². The van der Waals surface area contributed by atoms with E-state index in [2.05, 4.69) is 0 Å². The van der Waals surface area contributed by atoms with Crippen molar-refractivity contribution >= 4 is 11.9 Å². The summed E-state index contributed by atoms with van der Waals surface area (Å²) < 4.78 is 10.5. The molecule has 0 bridgehead atoms. The molecule has 0 aliphatic rings. The highest BCUT2D eigenvalue weighted by Crippen LogP contribution is 2.14. The molecule has 0 spiro atoms. The molecule has 0 radical (unpaired) electrons. The second-order valence-corrected chi connectivity index (χ2v) is 6.13. The molecule has 2 aromatic rings. The first-order valence-electron chi connectivity index (χ1n) is 8.74. The summed E-state index contributed by atoms with van der Waals surface area (Å²) in [5.74, 6) is 0.0807. The molecule has 5 nitrogen and oxygen atoms in total. The Hall–Kier alpha value is -2.82. The Kier molecular flexibility index (Phi) is 7.21. The Bertz CT molecular complexity index is 711. The van der Waals surface area contributed by atoms with Crippen molar-refractivity contribution in [2.75, 3.05) is 13.2 Å². The van der Waals surface area contributed by atoms with Crippen molar-refractivity contribution in [3.8, 4) is 5.75 Å². The van der Waals surface area contributed by atoms with Crippen molar-refractivity contribution < 1.29 is 19.1 Å². The molecular formula is C21H25NO4. The van der Waals surface area contributed by atoms with Gasteiger partial charge in [-0.05, 0) is 50.6 Å². The van der Waals surface area contributed by atoms with Crippen molar-refractivity contribution in [1.82, 2.24) is 4.90 Å². The number of amides is 1. The number of rotatable bonds is 8. The lowest BCUT2D eigenvalue weighted by molar-refractivity contribution is -0.135. The first kappa shape index (κ1) is 19.5. The molecule has 138 valence electrons. The Morgan fingerprint density at radius 3 is 2.23 bits per heavy atom. The summed E-state index contributed by atoms with van der Waals surface area (Å²) in [6.45, 7) is 6.55. The SMILES string of the molecule is CCOC(=O)c1ccc(OCC(=O)N(Cc2ccccc2)C(C)C)cc1. The largest absolute Gasteiger partial charge is 0.484 e. The molecule has 0 aromatic heterocycles. The second-order valence-electron chi connectivity index (χ2n) is 6.13. The van der Waals surface area contributed by atoms with Crippen LogP contribution in [-0.4, -0.2) is 36.0 Å². The molecule has 0 saturated carbocycles. The molecule has 5 heteroatoms. The van der Waals surface area contributed by atoms with E-state index in [4.69, 9.17) is 9.47 Å². The van der Waals surface area contributed by atoms with E-state index < -0.39 is 0 Å². The molecule has 0 atom stereocenters. The third-order valence-electron chi connectivity index (χ3n) is 3.87. The zero-order valence-electron chi connectivity index (χ0n) is 15.5. The first-order valence-corrected chi connectivity index (χ1v) is 8.74. The lowest BCUT2D eigenvalue weighted by Gasteiger charge is -2.27. The number of ether oxygens (including phenoxy) is 2. The molecule has 0 fully saturated rings. The predicted octanol–water partition coefficient (Wildman–Crippen LogP) is 3.68. The Morgan fingerprint density at radius 1 is 1.00 bits per heavy atom. The molecule has 26 heavy (non-hydrogen) atoms. The number of nitrogens with zero attached hydrogens (tertiary/aromatic N) is 1. The third-order valence-corrected chi connectivity index (χ3v) is 3.87. The highest BCUT2D eigenvalue weighted by molar-refractivity contribution is 5.89. The first-order chi connectivity index (χ1) is 12.5. The van der Waals surface area contributed by atoms with Gasteiger partial charge < -0.3 is 14.4 Å². The van der Waals surface area contributed by atoms with Gasteiger partial charge in [-0.25, -0.2) is 4.79 Å². The number of hydrogen-bond acceptors (Lipinski definition) is 4. The molecule has 0 N–H and O–H groups in total. The minimum Gasteiger partial charge on any atom is -0.484 e. The molecular weight excluding hydrogens is 330 g/mol. The van der Waals surface area contributed by atoms with Gasteiger partial charge in [0, 0.05) is 12.6 Å². The normalized spacial score (nSPS) is 10.5. The molecule has 1 amide bonds. The summed E-state index contributed by atoms with van der Waals surface area (Å²) in [5.41, 5.74) is 1.53. The number of esters is 1. The number of benzene rings is 2. The van der Waals surface area contributed by atoms with Crippen LogP contribution in [0.4, 0.5) is 0 Å². The van der Waals surface area contributed by atoms with Crippen LogP contribution in [0, 0.1) is 0 Å². The molecule has 0 heterocycles. The van der Waals surface area contributed by atoms with Crippen LogP contribution in [-0.2, 0) is 16.1 Å². The monoisotopic (exact) mass is 355 g/mol. The van der Waals surface area contributed by atoms with E-state index in [0.717, 1.165) is 5.56 Å². The Balaban J connectivity index is 1.94. The fraction of sp³-hybridized carbons (Fsp3) is 0.333. The zero-order chi connectivity index (χ0) is 18.9. The van der Waals surface area contributed by atoms with Gasteiger partial charge in [0.25, 0.3) is 5.91 Å². The third kappa shape index (κ3) is 5.62. The van der Waals surface area contributed by atoms with Crippen molar-refractivity contribution in [3.63, 3.8) is 0 Å². The van der Waals surface area contributed by atoms with Gasteiger partial charge >= 0.3 is 5.97 Å². The van der Waals surface area contributed by atoms with Crippen LogP contribution in [0.1, 0.15) is 36.7 Å². The zero-order valence-corrected chi connectivity index (χ0v) is 15.5. The van der Waals surface area contributed by atoms with E-state index in [1.807, 2.05) is 44.2 Å². The van der Waals surface area contributed by atoms with Crippen LogP contribution in [0.25, 0.3) is 0 Å². The summed E-state index contributed by atoms with van der Waals surface area (Å²) in [6, 6.07) is 16.5. The van der Waals surface area contributed by atoms with Crippen molar-refractivity contribution in [1.29, 1.82) is 0 Å². The van der Waals surface area contributed by atoms with Gasteiger partial charge in [-0.2, -0.15) is 0 Å². The minimum atomic E-state index is -0.371. The van der Waals surface area contributed by atoms with Crippen molar-refractivity contribution in [2.45, 2.75) is 33.4 Å². The van der Waals surface area contributed by atoms with Crippen LogP contribution in [0.5, 0.6) is 5.75 Å². The highest BCUT2D eigenvalue weighted by atomic mass is 16.5. The average Bonchev–Trinajstić information content (AvgIpc) is 2.65. The van der Waals surface area contributed by atoms with Gasteiger partial charge in [0.2, 0.25) is 0 Å². The highest BCUT2D eigenvalue weighted by Gasteiger charge is 2.18. The van der Waals surface area contributed by atoms with Crippen LogP contribution >= 0.6 is 0 Å². The van der Waals surface area contributed by atoms with Gasteiger partial charge in [0.1, 0.15) is 5.75 Å². The van der Waals surface area contributed by atoms with Gasteiger partial charge in [-0.1, -0.05) is 30.3 Å². The molecule has 0 aliphatic carbocycles. The molecule has 0 saturated heterocycles. The van der Waals surface area contributed by atoms with E-state index in [-0.39, 0.29) is 24.5 Å². The molecule has 2 rings (SSSR count). The lowest BCUT2D eigenvalue weighted by Crippen LogP contribution is -2.39. The van der Waals surface area contributed by atoms with E-state index in [9.17, 15) is 9.59 Å². The lowest BCUT2D eigenvalue weighted by atomic mass is 10.2. The number of hydrogen-bond donors (Lipinski definition) is 0. The smallest absolute Gasteiger partial charge is 0.338 e. The summed E-state index contributed by atoms with van der Waals surface area (Å²) in [5, 5.41) is 0. The fourth-order valence-corrected chi connectivity index (χ4v) is 2.47. The van der Waals surface area contributed by atoms with Crippen LogP contribution in [0.2, 0.25) is 0 Å².